The van der Waals surface area contributed by atoms with Crippen molar-refractivity contribution in [3.05, 3.63) is 24.3 Å². The maximum Gasteiger partial charge on any atom is 0.224 e. The number of nitrogens with one attached hydrogen (secondary N) is 1. The molecular formula is C17H25NO3. The summed E-state index contributed by atoms with van der Waals surface area (Å²) in [5.74, 6) is 1.49. The largest absolute Gasteiger partial charge is 0.491 e. The molecule has 1 amide bonds. The van der Waals surface area contributed by atoms with Gasteiger partial charge in [0.25, 0.3) is 0 Å². The molecule has 1 saturated carbocycles. The monoisotopic (exact) mass is 291 g/mol. The molecule has 0 radical (unpaired) electrons. The number of amides is 1. The Kier molecular flexibility index (Phi) is 6.54. The topological polar surface area (TPSA) is 47.6 Å². The van der Waals surface area contributed by atoms with Crippen molar-refractivity contribution in [2.75, 3.05) is 25.1 Å². The van der Waals surface area contributed by atoms with Crippen LogP contribution in [0, 0.1) is 5.92 Å². The fraction of sp³-hybridized carbons (Fsp3) is 0.588. The number of ether oxygens (including phenoxy) is 2. The molecule has 116 valence electrons. The Morgan fingerprint density at radius 2 is 1.90 bits per heavy atom. The SMILES string of the molecule is CCOCCOc1ccc(NC(=O)CC2CCCC2)cc1. The first-order valence-corrected chi connectivity index (χ1v) is 7.88. The molecule has 1 aliphatic rings. The van der Waals surface area contributed by atoms with E-state index in [0.29, 0.717) is 32.2 Å². The molecule has 4 heteroatoms. The Morgan fingerprint density at radius 1 is 1.19 bits per heavy atom. The van der Waals surface area contributed by atoms with Crippen molar-refractivity contribution in [3.63, 3.8) is 0 Å². The Hall–Kier alpha value is -1.55. The highest BCUT2D eigenvalue weighted by atomic mass is 16.5. The van der Waals surface area contributed by atoms with Crippen molar-refractivity contribution in [2.45, 2.75) is 39.0 Å². The van der Waals surface area contributed by atoms with Crippen molar-refractivity contribution in [1.82, 2.24) is 0 Å². The van der Waals surface area contributed by atoms with Gasteiger partial charge in [-0.05, 0) is 49.9 Å². The van der Waals surface area contributed by atoms with Gasteiger partial charge in [-0.3, -0.25) is 4.79 Å². The molecule has 1 aromatic rings. The average Bonchev–Trinajstić information content (AvgIpc) is 2.98. The number of carbonyl (C=O) groups is 1. The minimum absolute atomic E-state index is 0.118. The van der Waals surface area contributed by atoms with Crippen molar-refractivity contribution >= 4 is 11.6 Å². The summed E-state index contributed by atoms with van der Waals surface area (Å²) in [5.41, 5.74) is 0.829. The number of rotatable bonds is 8. The van der Waals surface area contributed by atoms with Gasteiger partial charge < -0.3 is 14.8 Å². The van der Waals surface area contributed by atoms with Crippen LogP contribution in [-0.4, -0.2) is 25.7 Å². The van der Waals surface area contributed by atoms with Crippen LogP contribution in [-0.2, 0) is 9.53 Å². The number of hydrogen-bond donors (Lipinski definition) is 1. The second kappa shape index (κ2) is 8.67. The van der Waals surface area contributed by atoms with Gasteiger partial charge >= 0.3 is 0 Å². The van der Waals surface area contributed by atoms with Gasteiger partial charge in [-0.2, -0.15) is 0 Å². The predicted molar refractivity (Wildman–Crippen MR) is 83.6 cm³/mol. The van der Waals surface area contributed by atoms with Gasteiger partial charge in [-0.1, -0.05) is 12.8 Å². The molecule has 0 saturated heterocycles. The summed E-state index contributed by atoms with van der Waals surface area (Å²) in [4.78, 5) is 11.9. The van der Waals surface area contributed by atoms with Gasteiger partial charge in [0, 0.05) is 18.7 Å². The van der Waals surface area contributed by atoms with E-state index in [1.165, 1.54) is 25.7 Å². The van der Waals surface area contributed by atoms with Crippen LogP contribution in [0.25, 0.3) is 0 Å². The lowest BCUT2D eigenvalue weighted by Gasteiger charge is -2.10. The van der Waals surface area contributed by atoms with Crippen LogP contribution in [0.5, 0.6) is 5.75 Å². The normalized spacial score (nSPS) is 15.1. The zero-order valence-electron chi connectivity index (χ0n) is 12.8. The maximum atomic E-state index is 11.9. The first-order chi connectivity index (χ1) is 10.3. The zero-order valence-corrected chi connectivity index (χ0v) is 12.8. The Bertz CT molecular complexity index is 424. The minimum atomic E-state index is 0.118. The highest BCUT2D eigenvalue weighted by Gasteiger charge is 2.18. The van der Waals surface area contributed by atoms with E-state index in [4.69, 9.17) is 9.47 Å². The molecule has 0 atom stereocenters. The third-order valence-electron chi connectivity index (χ3n) is 3.79. The molecule has 1 N–H and O–H groups in total. The average molecular weight is 291 g/mol. The van der Waals surface area contributed by atoms with Crippen molar-refractivity contribution in [2.24, 2.45) is 5.92 Å². The van der Waals surface area contributed by atoms with Gasteiger partial charge in [-0.15, -0.1) is 0 Å². The highest BCUT2D eigenvalue weighted by Crippen LogP contribution is 2.27. The number of hydrogen-bond acceptors (Lipinski definition) is 3. The molecule has 0 bridgehead atoms. The maximum absolute atomic E-state index is 11.9. The summed E-state index contributed by atoms with van der Waals surface area (Å²) in [5, 5.41) is 2.95. The van der Waals surface area contributed by atoms with Gasteiger partial charge in [0.05, 0.1) is 6.61 Å². The molecule has 0 spiro atoms. The molecular weight excluding hydrogens is 266 g/mol. The third kappa shape index (κ3) is 5.76. The van der Waals surface area contributed by atoms with E-state index in [-0.39, 0.29) is 5.91 Å². The van der Waals surface area contributed by atoms with E-state index in [9.17, 15) is 4.79 Å². The summed E-state index contributed by atoms with van der Waals surface area (Å²) in [6, 6.07) is 7.50. The van der Waals surface area contributed by atoms with Gasteiger partial charge in [0.15, 0.2) is 0 Å². The number of anilines is 1. The van der Waals surface area contributed by atoms with E-state index < -0.39 is 0 Å². The fourth-order valence-electron chi connectivity index (χ4n) is 2.69. The number of benzene rings is 1. The molecule has 21 heavy (non-hydrogen) atoms. The second-order valence-electron chi connectivity index (χ2n) is 5.47. The molecule has 4 nitrogen and oxygen atoms in total. The fourth-order valence-corrected chi connectivity index (χ4v) is 2.69. The molecule has 1 aromatic carbocycles. The standard InChI is InChI=1S/C17H25NO3/c1-2-20-11-12-21-16-9-7-15(8-10-16)18-17(19)13-14-5-3-4-6-14/h7-10,14H,2-6,11-13H2,1H3,(H,18,19). The van der Waals surface area contributed by atoms with E-state index >= 15 is 0 Å². The Morgan fingerprint density at radius 3 is 2.57 bits per heavy atom. The first-order valence-electron chi connectivity index (χ1n) is 7.88. The van der Waals surface area contributed by atoms with Crippen LogP contribution in [0.15, 0.2) is 24.3 Å². The molecule has 0 heterocycles. The van der Waals surface area contributed by atoms with Crippen LogP contribution in [0.3, 0.4) is 0 Å². The minimum Gasteiger partial charge on any atom is -0.491 e. The highest BCUT2D eigenvalue weighted by molar-refractivity contribution is 5.90. The quantitative estimate of drug-likeness (QED) is 0.744. The van der Waals surface area contributed by atoms with E-state index in [1.54, 1.807) is 0 Å². The van der Waals surface area contributed by atoms with Crippen molar-refractivity contribution < 1.29 is 14.3 Å². The lowest BCUT2D eigenvalue weighted by molar-refractivity contribution is -0.117. The summed E-state index contributed by atoms with van der Waals surface area (Å²) in [7, 11) is 0. The van der Waals surface area contributed by atoms with E-state index in [0.717, 1.165) is 11.4 Å². The molecule has 0 unspecified atom stereocenters. The lowest BCUT2D eigenvalue weighted by atomic mass is 10.0. The van der Waals surface area contributed by atoms with Crippen LogP contribution < -0.4 is 10.1 Å². The van der Waals surface area contributed by atoms with Crippen LogP contribution in [0.4, 0.5) is 5.69 Å². The predicted octanol–water partition coefficient (Wildman–Crippen LogP) is 3.62. The second-order valence-corrected chi connectivity index (χ2v) is 5.47. The molecule has 1 fully saturated rings. The van der Waals surface area contributed by atoms with Gasteiger partial charge in [0.2, 0.25) is 5.91 Å². The summed E-state index contributed by atoms with van der Waals surface area (Å²) in [6.07, 6.45) is 5.57. The summed E-state index contributed by atoms with van der Waals surface area (Å²) in [6.45, 7) is 3.80. The summed E-state index contributed by atoms with van der Waals surface area (Å²) >= 11 is 0. The van der Waals surface area contributed by atoms with Crippen molar-refractivity contribution in [1.29, 1.82) is 0 Å². The molecule has 1 aliphatic carbocycles. The molecule has 2 rings (SSSR count). The lowest BCUT2D eigenvalue weighted by Crippen LogP contribution is -2.15. The number of carbonyl (C=O) groups excluding carboxylic acids is 1. The van der Waals surface area contributed by atoms with Gasteiger partial charge in [0.1, 0.15) is 12.4 Å². The zero-order chi connectivity index (χ0) is 14.9. The molecule has 0 aromatic heterocycles. The van der Waals surface area contributed by atoms with Crippen LogP contribution in [0.1, 0.15) is 39.0 Å². The first kappa shape index (κ1) is 15.8. The van der Waals surface area contributed by atoms with Crippen molar-refractivity contribution in [3.8, 4) is 5.75 Å². The van der Waals surface area contributed by atoms with Crippen LogP contribution >= 0.6 is 0 Å². The smallest absolute Gasteiger partial charge is 0.224 e. The third-order valence-corrected chi connectivity index (χ3v) is 3.79. The summed E-state index contributed by atoms with van der Waals surface area (Å²) < 4.78 is 10.8. The van der Waals surface area contributed by atoms with Gasteiger partial charge in [-0.25, -0.2) is 0 Å². The van der Waals surface area contributed by atoms with E-state index in [1.807, 2.05) is 31.2 Å². The Labute approximate surface area is 126 Å². The molecule has 0 aliphatic heterocycles. The Balaban J connectivity index is 1.72. The van der Waals surface area contributed by atoms with Crippen LogP contribution in [0.2, 0.25) is 0 Å². The van der Waals surface area contributed by atoms with E-state index in [2.05, 4.69) is 5.32 Å².